The number of carbonyl (C=O) groups excluding carboxylic acids is 2. The van der Waals surface area contributed by atoms with E-state index >= 15 is 0 Å². The first-order valence-corrected chi connectivity index (χ1v) is 3.25. The van der Waals surface area contributed by atoms with Crippen molar-refractivity contribution in [1.82, 2.24) is 10.2 Å². The van der Waals surface area contributed by atoms with Crippen LogP contribution in [0.4, 0.5) is 0 Å². The summed E-state index contributed by atoms with van der Waals surface area (Å²) in [5, 5.41) is 2.27. The van der Waals surface area contributed by atoms with Gasteiger partial charge in [-0.3, -0.25) is 9.59 Å². The standard InChI is InChI=1S/C5H9ClN2O3/c1-11-5(10)3-7-4(9)2-8-6/h8H,2-3H2,1H3,(H,7,9). The molecule has 0 fully saturated rings. The molecule has 0 saturated carbocycles. The van der Waals surface area contributed by atoms with Crippen LogP contribution in [-0.2, 0) is 14.3 Å². The van der Waals surface area contributed by atoms with E-state index in [0.29, 0.717) is 0 Å². The molecule has 1 amide bonds. The molecule has 0 heterocycles. The van der Waals surface area contributed by atoms with Gasteiger partial charge < -0.3 is 10.1 Å². The Bertz CT molecular complexity index is 151. The van der Waals surface area contributed by atoms with Gasteiger partial charge in [0.1, 0.15) is 6.54 Å². The van der Waals surface area contributed by atoms with Crippen LogP contribution in [0.1, 0.15) is 0 Å². The van der Waals surface area contributed by atoms with Gasteiger partial charge >= 0.3 is 5.97 Å². The smallest absolute Gasteiger partial charge is 0.325 e. The zero-order chi connectivity index (χ0) is 8.69. The molecule has 0 aliphatic heterocycles. The van der Waals surface area contributed by atoms with Gasteiger partial charge in [0.25, 0.3) is 0 Å². The molecular formula is C5H9ClN2O3. The Morgan fingerprint density at radius 3 is 2.55 bits per heavy atom. The van der Waals surface area contributed by atoms with Crippen molar-refractivity contribution in [2.45, 2.75) is 0 Å². The highest BCUT2D eigenvalue weighted by Gasteiger charge is 2.02. The maximum absolute atomic E-state index is 10.6. The Kier molecular flexibility index (Phi) is 5.50. The third-order valence-electron chi connectivity index (χ3n) is 0.885. The first-order chi connectivity index (χ1) is 5.20. The Hall–Kier alpha value is -0.810. The molecule has 2 N–H and O–H groups in total. The number of methoxy groups -OCH3 is 1. The number of amides is 1. The SMILES string of the molecule is COC(=O)CNC(=O)CNCl. The summed E-state index contributed by atoms with van der Waals surface area (Å²) in [4.78, 5) is 23.1. The minimum absolute atomic E-state index is 0.0292. The summed E-state index contributed by atoms with van der Waals surface area (Å²) in [6.45, 7) is -0.160. The highest BCUT2D eigenvalue weighted by Crippen LogP contribution is 1.71. The third kappa shape index (κ3) is 5.63. The van der Waals surface area contributed by atoms with Gasteiger partial charge in [-0.25, -0.2) is 4.84 Å². The highest BCUT2D eigenvalue weighted by atomic mass is 35.5. The number of hydrogen-bond donors (Lipinski definition) is 2. The number of rotatable bonds is 4. The minimum Gasteiger partial charge on any atom is -0.468 e. The van der Waals surface area contributed by atoms with E-state index in [1.165, 1.54) is 7.11 Å². The van der Waals surface area contributed by atoms with E-state index in [2.05, 4.69) is 14.9 Å². The molecule has 0 aromatic rings. The lowest BCUT2D eigenvalue weighted by Crippen LogP contribution is -2.34. The first-order valence-electron chi connectivity index (χ1n) is 2.87. The molecule has 0 unspecified atom stereocenters. The van der Waals surface area contributed by atoms with Gasteiger partial charge in [-0.15, -0.1) is 0 Å². The highest BCUT2D eigenvalue weighted by molar-refractivity contribution is 6.14. The number of hydrogen-bond acceptors (Lipinski definition) is 4. The summed E-state index contributed by atoms with van der Waals surface area (Å²) in [7, 11) is 1.24. The van der Waals surface area contributed by atoms with Gasteiger partial charge in [-0.2, -0.15) is 0 Å². The Labute approximate surface area is 69.2 Å². The second kappa shape index (κ2) is 5.94. The van der Waals surface area contributed by atoms with Crippen molar-refractivity contribution in [3.05, 3.63) is 0 Å². The lowest BCUT2D eigenvalue weighted by atomic mass is 10.5. The molecular weight excluding hydrogens is 172 g/mol. The Morgan fingerprint density at radius 1 is 1.45 bits per heavy atom. The zero-order valence-corrected chi connectivity index (χ0v) is 6.77. The van der Waals surface area contributed by atoms with Gasteiger partial charge in [0.05, 0.1) is 13.7 Å². The Morgan fingerprint density at radius 2 is 2.09 bits per heavy atom. The average molecular weight is 181 g/mol. The topological polar surface area (TPSA) is 67.4 Å². The number of carbonyl (C=O) groups is 2. The van der Waals surface area contributed by atoms with Crippen LogP contribution in [0.15, 0.2) is 0 Å². The van der Waals surface area contributed by atoms with Gasteiger partial charge in [0, 0.05) is 0 Å². The molecule has 0 atom stereocenters. The minimum atomic E-state index is -0.493. The largest absolute Gasteiger partial charge is 0.468 e. The van der Waals surface area contributed by atoms with Crippen LogP contribution in [0.5, 0.6) is 0 Å². The van der Waals surface area contributed by atoms with E-state index in [-0.39, 0.29) is 19.0 Å². The van der Waals surface area contributed by atoms with E-state index < -0.39 is 5.97 Å². The van der Waals surface area contributed by atoms with Crippen molar-refractivity contribution >= 4 is 23.7 Å². The first kappa shape index (κ1) is 10.2. The van der Waals surface area contributed by atoms with Gasteiger partial charge in [0.2, 0.25) is 5.91 Å². The van der Waals surface area contributed by atoms with Gasteiger partial charge in [-0.1, -0.05) is 0 Å². The number of nitrogens with one attached hydrogen (secondary N) is 2. The van der Waals surface area contributed by atoms with E-state index in [9.17, 15) is 9.59 Å². The normalized spacial score (nSPS) is 8.91. The van der Waals surface area contributed by atoms with Crippen LogP contribution in [0.2, 0.25) is 0 Å². The lowest BCUT2D eigenvalue weighted by Gasteiger charge is -2.01. The zero-order valence-electron chi connectivity index (χ0n) is 6.02. The lowest BCUT2D eigenvalue weighted by molar-refractivity contribution is -0.141. The molecule has 0 radical (unpaired) electrons. The summed E-state index contributed by atoms with van der Waals surface area (Å²) >= 11 is 5.02. The van der Waals surface area contributed by atoms with Crippen LogP contribution in [0, 0.1) is 0 Å². The fourth-order valence-corrected chi connectivity index (χ4v) is 0.487. The van der Waals surface area contributed by atoms with Crippen molar-refractivity contribution in [1.29, 1.82) is 0 Å². The number of ether oxygens (including phenoxy) is 1. The summed E-state index contributed by atoms with van der Waals surface area (Å²) < 4.78 is 4.27. The van der Waals surface area contributed by atoms with Crippen molar-refractivity contribution < 1.29 is 14.3 Å². The van der Waals surface area contributed by atoms with Gasteiger partial charge in [-0.05, 0) is 11.8 Å². The molecule has 0 aromatic carbocycles. The average Bonchev–Trinajstić information content (AvgIpc) is 2.01. The molecule has 5 nitrogen and oxygen atoms in total. The molecule has 11 heavy (non-hydrogen) atoms. The molecule has 0 bridgehead atoms. The van der Waals surface area contributed by atoms with E-state index in [0.717, 1.165) is 0 Å². The van der Waals surface area contributed by atoms with Crippen molar-refractivity contribution in [3.63, 3.8) is 0 Å². The molecule has 0 rings (SSSR count). The maximum atomic E-state index is 10.6. The van der Waals surface area contributed by atoms with Crippen molar-refractivity contribution in [2.24, 2.45) is 0 Å². The summed E-state index contributed by atoms with van der Waals surface area (Å²) in [6, 6.07) is 0. The molecule has 0 spiro atoms. The van der Waals surface area contributed by atoms with Crippen LogP contribution >= 0.6 is 11.8 Å². The Balaban J connectivity index is 3.38. The van der Waals surface area contributed by atoms with Gasteiger partial charge in [0.15, 0.2) is 0 Å². The number of esters is 1. The van der Waals surface area contributed by atoms with Crippen LogP contribution in [0.25, 0.3) is 0 Å². The van der Waals surface area contributed by atoms with E-state index in [1.54, 1.807) is 0 Å². The molecule has 0 saturated heterocycles. The second-order valence-corrected chi connectivity index (χ2v) is 1.93. The maximum Gasteiger partial charge on any atom is 0.325 e. The molecule has 64 valence electrons. The third-order valence-corrected chi connectivity index (χ3v) is 1.02. The van der Waals surface area contributed by atoms with E-state index in [4.69, 9.17) is 11.8 Å². The molecule has 0 aromatic heterocycles. The fourth-order valence-electron chi connectivity index (χ4n) is 0.366. The van der Waals surface area contributed by atoms with Crippen molar-refractivity contribution in [2.75, 3.05) is 20.2 Å². The monoisotopic (exact) mass is 180 g/mol. The molecule has 6 heteroatoms. The predicted molar refractivity (Wildman–Crippen MR) is 38.9 cm³/mol. The molecule has 0 aliphatic carbocycles. The quantitative estimate of drug-likeness (QED) is 0.431. The second-order valence-electron chi connectivity index (χ2n) is 1.66. The number of halogens is 1. The fraction of sp³-hybridized carbons (Fsp3) is 0.600. The van der Waals surface area contributed by atoms with Crippen molar-refractivity contribution in [3.8, 4) is 0 Å². The van der Waals surface area contributed by atoms with E-state index in [1.807, 2.05) is 0 Å². The summed E-state index contributed by atoms with van der Waals surface area (Å²) in [5.74, 6) is -0.849. The van der Waals surface area contributed by atoms with Crippen LogP contribution < -0.4 is 10.2 Å². The van der Waals surface area contributed by atoms with Crippen LogP contribution in [-0.4, -0.2) is 32.1 Å². The summed E-state index contributed by atoms with van der Waals surface area (Å²) in [6.07, 6.45) is 0. The summed E-state index contributed by atoms with van der Waals surface area (Å²) in [5.41, 5.74) is 0. The van der Waals surface area contributed by atoms with Crippen LogP contribution in [0.3, 0.4) is 0 Å². The molecule has 0 aliphatic rings. The predicted octanol–water partition coefficient (Wildman–Crippen LogP) is -0.981.